The third-order valence-electron chi connectivity index (χ3n) is 3.28. The maximum Gasteiger partial charge on any atom is 0.0524 e. The van der Waals surface area contributed by atoms with Gasteiger partial charge in [-0.3, -0.25) is 0 Å². The molecule has 2 rings (SSSR count). The maximum absolute atomic E-state index is 6.14. The topological polar surface area (TPSA) is 30.9 Å². The first-order valence-corrected chi connectivity index (χ1v) is 5.88. The number of benzene rings is 1. The van der Waals surface area contributed by atoms with Crippen molar-refractivity contribution in [1.82, 2.24) is 4.57 Å². The monoisotopic (exact) mass is 236 g/mol. The van der Waals surface area contributed by atoms with Gasteiger partial charge in [0.25, 0.3) is 0 Å². The summed E-state index contributed by atoms with van der Waals surface area (Å²) >= 11 is 6.14. The lowest BCUT2D eigenvalue weighted by Crippen LogP contribution is -2.12. The first kappa shape index (κ1) is 11.5. The molecule has 1 aromatic carbocycles. The van der Waals surface area contributed by atoms with Crippen LogP contribution in [0.3, 0.4) is 0 Å². The van der Waals surface area contributed by atoms with Gasteiger partial charge in [-0.1, -0.05) is 24.6 Å². The highest BCUT2D eigenvalue weighted by molar-refractivity contribution is 6.32. The van der Waals surface area contributed by atoms with E-state index in [-0.39, 0.29) is 0 Å². The highest BCUT2D eigenvalue weighted by Crippen LogP contribution is 2.30. The van der Waals surface area contributed by atoms with Crippen molar-refractivity contribution in [3.8, 4) is 0 Å². The van der Waals surface area contributed by atoms with Crippen LogP contribution in [0.2, 0.25) is 5.02 Å². The van der Waals surface area contributed by atoms with Crippen LogP contribution in [0, 0.1) is 6.92 Å². The first-order chi connectivity index (χ1) is 7.56. The van der Waals surface area contributed by atoms with Crippen LogP contribution >= 0.6 is 11.6 Å². The highest BCUT2D eigenvalue weighted by Gasteiger charge is 2.13. The zero-order valence-electron chi connectivity index (χ0n) is 9.92. The minimum absolute atomic E-state index is 0.371. The van der Waals surface area contributed by atoms with Gasteiger partial charge in [0.1, 0.15) is 0 Å². The summed E-state index contributed by atoms with van der Waals surface area (Å²) in [7, 11) is 2.08. The fraction of sp³-hybridized carbons (Fsp3) is 0.385. The fourth-order valence-electron chi connectivity index (χ4n) is 2.24. The minimum Gasteiger partial charge on any atom is -0.347 e. The molecule has 0 spiro atoms. The predicted octanol–water partition coefficient (Wildman–Crippen LogP) is 3.20. The number of hydrogen-bond acceptors (Lipinski definition) is 1. The fourth-order valence-corrected chi connectivity index (χ4v) is 2.39. The Morgan fingerprint density at radius 1 is 1.44 bits per heavy atom. The lowest BCUT2D eigenvalue weighted by Gasteiger charge is -2.11. The zero-order valence-corrected chi connectivity index (χ0v) is 10.7. The number of aryl methyl sites for hydroxylation is 2. The van der Waals surface area contributed by atoms with E-state index in [0.29, 0.717) is 12.5 Å². The van der Waals surface area contributed by atoms with Crippen molar-refractivity contribution in [2.75, 3.05) is 6.54 Å². The molecule has 1 unspecified atom stereocenters. The van der Waals surface area contributed by atoms with Gasteiger partial charge < -0.3 is 10.3 Å². The average Bonchev–Trinajstić information content (AvgIpc) is 2.61. The summed E-state index contributed by atoms with van der Waals surface area (Å²) in [5.74, 6) is 0.371. The molecular formula is C13H17ClN2. The second-order valence-electron chi connectivity index (χ2n) is 4.38. The van der Waals surface area contributed by atoms with E-state index >= 15 is 0 Å². The number of aromatic nitrogens is 1. The molecule has 1 heterocycles. The molecule has 86 valence electrons. The van der Waals surface area contributed by atoms with E-state index in [4.69, 9.17) is 17.3 Å². The van der Waals surface area contributed by atoms with Crippen molar-refractivity contribution < 1.29 is 0 Å². The van der Waals surface area contributed by atoms with Crippen LogP contribution in [-0.2, 0) is 7.05 Å². The van der Waals surface area contributed by atoms with Crippen molar-refractivity contribution >= 4 is 22.5 Å². The van der Waals surface area contributed by atoms with Crippen LogP contribution < -0.4 is 5.73 Å². The van der Waals surface area contributed by atoms with Crippen LogP contribution in [0.1, 0.15) is 24.1 Å². The Bertz CT molecular complexity index is 528. The Morgan fingerprint density at radius 2 is 2.12 bits per heavy atom. The van der Waals surface area contributed by atoms with E-state index in [1.807, 2.05) is 6.07 Å². The summed E-state index contributed by atoms with van der Waals surface area (Å²) in [6, 6.07) is 6.23. The second kappa shape index (κ2) is 4.11. The standard InChI is InChI=1S/C13H17ClN2/c1-8(7-15)12-6-10-4-5-11(14)9(2)13(10)16(12)3/h4-6,8H,7,15H2,1-3H3. The van der Waals surface area contributed by atoms with E-state index in [0.717, 1.165) is 10.6 Å². The van der Waals surface area contributed by atoms with Gasteiger partial charge in [-0.2, -0.15) is 0 Å². The minimum atomic E-state index is 0.371. The van der Waals surface area contributed by atoms with Gasteiger partial charge in [-0.25, -0.2) is 0 Å². The predicted molar refractivity (Wildman–Crippen MR) is 70.1 cm³/mol. The molecule has 1 atom stereocenters. The molecule has 3 heteroatoms. The molecule has 0 fully saturated rings. The third kappa shape index (κ3) is 1.62. The van der Waals surface area contributed by atoms with Crippen molar-refractivity contribution in [1.29, 1.82) is 0 Å². The normalized spacial score (nSPS) is 13.3. The van der Waals surface area contributed by atoms with Crippen molar-refractivity contribution in [3.63, 3.8) is 0 Å². The van der Waals surface area contributed by atoms with Gasteiger partial charge in [0.15, 0.2) is 0 Å². The second-order valence-corrected chi connectivity index (χ2v) is 4.78. The van der Waals surface area contributed by atoms with Crippen LogP contribution in [0.15, 0.2) is 18.2 Å². The molecule has 0 radical (unpaired) electrons. The van der Waals surface area contributed by atoms with E-state index in [1.165, 1.54) is 16.6 Å². The quantitative estimate of drug-likeness (QED) is 0.853. The Hall–Kier alpha value is -0.990. The van der Waals surface area contributed by atoms with Gasteiger partial charge in [-0.15, -0.1) is 0 Å². The molecule has 0 aliphatic carbocycles. The van der Waals surface area contributed by atoms with Crippen LogP contribution in [-0.4, -0.2) is 11.1 Å². The number of hydrogen-bond donors (Lipinski definition) is 1. The van der Waals surface area contributed by atoms with Gasteiger partial charge in [-0.05, 0) is 24.6 Å². The summed E-state index contributed by atoms with van der Waals surface area (Å²) in [5.41, 5.74) is 9.34. The third-order valence-corrected chi connectivity index (χ3v) is 3.69. The Labute approximate surface area is 101 Å². The van der Waals surface area contributed by atoms with Crippen LogP contribution in [0.25, 0.3) is 10.9 Å². The molecule has 16 heavy (non-hydrogen) atoms. The lowest BCUT2D eigenvalue weighted by atomic mass is 10.1. The largest absolute Gasteiger partial charge is 0.347 e. The maximum atomic E-state index is 6.14. The SMILES string of the molecule is Cc1c(Cl)ccc2cc(C(C)CN)n(C)c12. The molecule has 2 aromatic rings. The van der Waals surface area contributed by atoms with E-state index in [9.17, 15) is 0 Å². The Kier molecular flexibility index (Phi) is 2.96. The van der Waals surface area contributed by atoms with Crippen molar-refractivity contribution in [2.45, 2.75) is 19.8 Å². The summed E-state index contributed by atoms with van der Waals surface area (Å²) in [4.78, 5) is 0. The van der Waals surface area contributed by atoms with Crippen LogP contribution in [0.4, 0.5) is 0 Å². The highest BCUT2D eigenvalue weighted by atomic mass is 35.5. The van der Waals surface area contributed by atoms with Gasteiger partial charge in [0.2, 0.25) is 0 Å². The van der Waals surface area contributed by atoms with Crippen LogP contribution in [0.5, 0.6) is 0 Å². The summed E-state index contributed by atoms with van der Waals surface area (Å²) in [6.45, 7) is 4.86. The molecule has 2 N–H and O–H groups in total. The Balaban J connectivity index is 2.74. The average molecular weight is 237 g/mol. The van der Waals surface area contributed by atoms with Gasteiger partial charge in [0.05, 0.1) is 5.52 Å². The first-order valence-electron chi connectivity index (χ1n) is 5.50. The molecule has 0 aliphatic rings. The number of nitrogens with two attached hydrogens (primary N) is 1. The molecule has 0 amide bonds. The molecule has 0 bridgehead atoms. The van der Waals surface area contributed by atoms with Crippen molar-refractivity contribution in [3.05, 3.63) is 34.5 Å². The van der Waals surface area contributed by atoms with Gasteiger partial charge >= 0.3 is 0 Å². The number of halogens is 1. The summed E-state index contributed by atoms with van der Waals surface area (Å²) in [5, 5.41) is 2.06. The lowest BCUT2D eigenvalue weighted by molar-refractivity contribution is 0.703. The number of fused-ring (bicyclic) bond motifs is 1. The summed E-state index contributed by atoms with van der Waals surface area (Å²) < 4.78 is 2.20. The number of nitrogens with zero attached hydrogens (tertiary/aromatic N) is 1. The molecule has 0 saturated carbocycles. The molecule has 0 saturated heterocycles. The molecular weight excluding hydrogens is 220 g/mol. The molecule has 0 aliphatic heterocycles. The molecule has 1 aromatic heterocycles. The van der Waals surface area contributed by atoms with E-state index in [2.05, 4.69) is 37.6 Å². The number of rotatable bonds is 2. The zero-order chi connectivity index (χ0) is 11.9. The Morgan fingerprint density at radius 3 is 2.75 bits per heavy atom. The van der Waals surface area contributed by atoms with Gasteiger partial charge in [0, 0.05) is 35.6 Å². The smallest absolute Gasteiger partial charge is 0.0524 e. The van der Waals surface area contributed by atoms with Crippen molar-refractivity contribution in [2.24, 2.45) is 12.8 Å². The van der Waals surface area contributed by atoms with E-state index < -0.39 is 0 Å². The summed E-state index contributed by atoms with van der Waals surface area (Å²) in [6.07, 6.45) is 0. The van der Waals surface area contributed by atoms with E-state index in [1.54, 1.807) is 0 Å². The molecule has 2 nitrogen and oxygen atoms in total.